The second kappa shape index (κ2) is 6.02. The van der Waals surface area contributed by atoms with Crippen LogP contribution in [0.3, 0.4) is 0 Å². The number of aryl methyl sites for hydroxylation is 1. The van der Waals surface area contributed by atoms with Crippen LogP contribution in [0.1, 0.15) is 28.5 Å². The fraction of sp³-hybridized carbons (Fsp3) is 0.150. The van der Waals surface area contributed by atoms with Crippen molar-refractivity contribution >= 4 is 16.7 Å². The van der Waals surface area contributed by atoms with Gasteiger partial charge in [0.05, 0.1) is 11.7 Å². The zero-order chi connectivity index (χ0) is 17.4. The Morgan fingerprint density at radius 1 is 1.12 bits per heavy atom. The average molecular weight is 330 g/mol. The van der Waals surface area contributed by atoms with Crippen molar-refractivity contribution < 1.29 is 4.79 Å². The van der Waals surface area contributed by atoms with Crippen LogP contribution in [0.5, 0.6) is 0 Å². The Balaban J connectivity index is 1.62. The van der Waals surface area contributed by atoms with Crippen LogP contribution in [-0.2, 0) is 13.5 Å². The van der Waals surface area contributed by atoms with Crippen LogP contribution in [-0.4, -0.2) is 25.8 Å². The van der Waals surface area contributed by atoms with E-state index in [-0.39, 0.29) is 5.78 Å². The summed E-state index contributed by atoms with van der Waals surface area (Å²) >= 11 is 0. The van der Waals surface area contributed by atoms with Crippen molar-refractivity contribution in [1.29, 1.82) is 0 Å². The Kier molecular flexibility index (Phi) is 3.69. The summed E-state index contributed by atoms with van der Waals surface area (Å²) in [5, 5.41) is 12.7. The van der Waals surface area contributed by atoms with Crippen LogP contribution in [0.15, 0.2) is 54.9 Å². The largest absolute Gasteiger partial charge is 0.295 e. The number of rotatable bonds is 4. The van der Waals surface area contributed by atoms with Gasteiger partial charge in [0, 0.05) is 41.9 Å². The lowest BCUT2D eigenvalue weighted by Gasteiger charge is -2.03. The van der Waals surface area contributed by atoms with Crippen molar-refractivity contribution in [3.63, 3.8) is 0 Å². The third kappa shape index (κ3) is 2.96. The van der Waals surface area contributed by atoms with Crippen LogP contribution in [0.4, 0.5) is 0 Å². The molecule has 0 spiro atoms. The molecule has 0 atom stereocenters. The molecule has 0 amide bonds. The van der Waals surface area contributed by atoms with E-state index in [0.717, 1.165) is 34.1 Å². The van der Waals surface area contributed by atoms with Gasteiger partial charge in [0.15, 0.2) is 5.78 Å². The van der Waals surface area contributed by atoms with E-state index < -0.39 is 0 Å². The van der Waals surface area contributed by atoms with E-state index in [1.165, 1.54) is 5.56 Å². The maximum Gasteiger partial charge on any atom is 0.159 e. The number of carbonyl (C=O) groups is 1. The molecule has 0 saturated heterocycles. The molecule has 0 aliphatic carbocycles. The van der Waals surface area contributed by atoms with Gasteiger partial charge in [0.1, 0.15) is 0 Å². The number of hydrogen-bond acceptors (Lipinski definition) is 3. The molecule has 1 N–H and O–H groups in total. The van der Waals surface area contributed by atoms with E-state index in [1.807, 2.05) is 37.6 Å². The Labute approximate surface area is 145 Å². The summed E-state index contributed by atoms with van der Waals surface area (Å²) in [7, 11) is 1.91. The van der Waals surface area contributed by atoms with E-state index in [4.69, 9.17) is 0 Å². The third-order valence-corrected chi connectivity index (χ3v) is 4.41. The topological polar surface area (TPSA) is 63.6 Å². The molecule has 0 unspecified atom stereocenters. The summed E-state index contributed by atoms with van der Waals surface area (Å²) in [4.78, 5) is 11.6. The second-order valence-corrected chi connectivity index (χ2v) is 6.27. The lowest BCUT2D eigenvalue weighted by molar-refractivity contribution is 0.101. The predicted octanol–water partition coefficient (Wildman–Crippen LogP) is 3.76. The van der Waals surface area contributed by atoms with Gasteiger partial charge in [0.2, 0.25) is 0 Å². The minimum Gasteiger partial charge on any atom is -0.295 e. The Morgan fingerprint density at radius 3 is 2.60 bits per heavy atom. The second-order valence-electron chi connectivity index (χ2n) is 6.27. The first-order valence-corrected chi connectivity index (χ1v) is 8.16. The van der Waals surface area contributed by atoms with Crippen molar-refractivity contribution in [2.45, 2.75) is 13.3 Å². The van der Waals surface area contributed by atoms with Crippen molar-refractivity contribution in [2.24, 2.45) is 7.05 Å². The maximum absolute atomic E-state index is 11.6. The monoisotopic (exact) mass is 330 g/mol. The Bertz CT molecular complexity index is 1060. The zero-order valence-electron chi connectivity index (χ0n) is 14.2. The molecule has 5 nitrogen and oxygen atoms in total. The molecule has 0 fully saturated rings. The molecule has 124 valence electrons. The summed E-state index contributed by atoms with van der Waals surface area (Å²) in [6.07, 6.45) is 4.60. The van der Waals surface area contributed by atoms with Gasteiger partial charge in [-0.3, -0.25) is 14.6 Å². The smallest absolute Gasteiger partial charge is 0.159 e. The normalized spacial score (nSPS) is 11.1. The maximum atomic E-state index is 11.6. The van der Waals surface area contributed by atoms with E-state index in [2.05, 4.69) is 39.6 Å². The summed E-state index contributed by atoms with van der Waals surface area (Å²) in [5.74, 6) is 0.0647. The highest BCUT2D eigenvalue weighted by Gasteiger charge is 2.09. The lowest BCUT2D eigenvalue weighted by atomic mass is 10.0. The predicted molar refractivity (Wildman–Crippen MR) is 97.5 cm³/mol. The molecule has 2 aromatic heterocycles. The van der Waals surface area contributed by atoms with Crippen molar-refractivity contribution in [3.8, 4) is 11.1 Å². The minimum absolute atomic E-state index is 0.0647. The molecular weight excluding hydrogens is 312 g/mol. The van der Waals surface area contributed by atoms with Crippen LogP contribution in [0.2, 0.25) is 0 Å². The fourth-order valence-electron chi connectivity index (χ4n) is 3.01. The van der Waals surface area contributed by atoms with Crippen LogP contribution in [0, 0.1) is 0 Å². The van der Waals surface area contributed by atoms with Gasteiger partial charge in [0.25, 0.3) is 0 Å². The van der Waals surface area contributed by atoms with Crippen LogP contribution >= 0.6 is 0 Å². The standard InChI is InChI=1S/C20H18N4O/c1-13(25)16-7-8-19-18(10-16)20(23-22-19)9-14-3-5-15(6-4-14)17-11-21-24(2)12-17/h3-8,10-12H,9H2,1-2H3,(H,22,23). The van der Waals surface area contributed by atoms with E-state index in [9.17, 15) is 4.79 Å². The molecule has 0 saturated carbocycles. The van der Waals surface area contributed by atoms with Crippen LogP contribution in [0.25, 0.3) is 22.0 Å². The summed E-state index contributed by atoms with van der Waals surface area (Å²) in [6, 6.07) is 14.1. The molecule has 25 heavy (non-hydrogen) atoms. The molecule has 2 aromatic carbocycles. The van der Waals surface area contributed by atoms with Gasteiger partial charge in [-0.05, 0) is 36.2 Å². The number of Topliss-reactive ketones (excluding diaryl/α,β-unsaturated/α-hetero) is 1. The molecular formula is C20H18N4O. The first-order valence-electron chi connectivity index (χ1n) is 8.16. The van der Waals surface area contributed by atoms with Gasteiger partial charge < -0.3 is 0 Å². The van der Waals surface area contributed by atoms with E-state index in [0.29, 0.717) is 5.56 Å². The minimum atomic E-state index is 0.0647. The third-order valence-electron chi connectivity index (χ3n) is 4.41. The van der Waals surface area contributed by atoms with E-state index >= 15 is 0 Å². The number of hydrogen-bond donors (Lipinski definition) is 1. The van der Waals surface area contributed by atoms with Gasteiger partial charge in [-0.1, -0.05) is 24.3 Å². The van der Waals surface area contributed by atoms with Crippen molar-refractivity contribution in [2.75, 3.05) is 0 Å². The molecule has 4 aromatic rings. The summed E-state index contributed by atoms with van der Waals surface area (Å²) in [6.45, 7) is 1.58. The van der Waals surface area contributed by atoms with Crippen molar-refractivity contribution in [3.05, 3.63) is 71.7 Å². The molecule has 5 heteroatoms. The van der Waals surface area contributed by atoms with Gasteiger partial charge in [-0.25, -0.2) is 0 Å². The highest BCUT2D eigenvalue weighted by molar-refractivity contribution is 5.98. The molecule has 0 aliphatic rings. The number of aromatic nitrogens is 4. The number of nitrogens with one attached hydrogen (secondary N) is 1. The quantitative estimate of drug-likeness (QED) is 0.580. The number of H-pyrrole nitrogens is 1. The first-order chi connectivity index (χ1) is 12.1. The highest BCUT2D eigenvalue weighted by atomic mass is 16.1. The molecule has 4 rings (SSSR count). The average Bonchev–Trinajstić information content (AvgIpc) is 3.22. The molecule has 0 radical (unpaired) electrons. The fourth-order valence-corrected chi connectivity index (χ4v) is 3.01. The van der Waals surface area contributed by atoms with Crippen LogP contribution < -0.4 is 0 Å². The van der Waals surface area contributed by atoms with Crippen molar-refractivity contribution in [1.82, 2.24) is 20.0 Å². The molecule has 0 aliphatic heterocycles. The molecule has 0 bridgehead atoms. The number of carbonyl (C=O) groups excluding carboxylic acids is 1. The first kappa shape index (κ1) is 15.3. The Hall–Kier alpha value is -3.21. The van der Waals surface area contributed by atoms with Gasteiger partial charge in [-0.2, -0.15) is 10.2 Å². The lowest BCUT2D eigenvalue weighted by Crippen LogP contribution is -1.93. The number of fused-ring (bicyclic) bond motifs is 1. The number of ketones is 1. The number of benzene rings is 2. The Morgan fingerprint density at radius 2 is 1.92 bits per heavy atom. The number of aromatic amines is 1. The number of nitrogens with zero attached hydrogens (tertiary/aromatic N) is 3. The zero-order valence-corrected chi connectivity index (χ0v) is 14.2. The summed E-state index contributed by atoms with van der Waals surface area (Å²) < 4.78 is 1.80. The van der Waals surface area contributed by atoms with Gasteiger partial charge >= 0.3 is 0 Å². The highest BCUT2D eigenvalue weighted by Crippen LogP contribution is 2.23. The van der Waals surface area contributed by atoms with Gasteiger partial charge in [-0.15, -0.1) is 0 Å². The SMILES string of the molecule is CC(=O)c1ccc2n[nH]c(Cc3ccc(-c4cnn(C)c4)cc3)c2c1. The van der Waals surface area contributed by atoms with E-state index in [1.54, 1.807) is 11.6 Å². The molecule has 2 heterocycles. The summed E-state index contributed by atoms with van der Waals surface area (Å²) in [5.41, 5.74) is 6.05.